The fourth-order valence-corrected chi connectivity index (χ4v) is 4.86. The second-order valence-electron chi connectivity index (χ2n) is 7.80. The minimum atomic E-state index is -3.13. The molecule has 1 aliphatic heterocycles. The molecule has 0 bridgehead atoms. The van der Waals surface area contributed by atoms with E-state index >= 15 is 0 Å². The highest BCUT2D eigenvalue weighted by Crippen LogP contribution is 2.19. The van der Waals surface area contributed by atoms with Gasteiger partial charge in [0.05, 0.1) is 5.75 Å². The Morgan fingerprint density at radius 2 is 1.61 bits per heavy atom. The summed E-state index contributed by atoms with van der Waals surface area (Å²) in [7, 11) is -3.13. The molecular formula is C21H35N3O3S. The highest BCUT2D eigenvalue weighted by atomic mass is 32.2. The molecule has 0 aromatic heterocycles. The van der Waals surface area contributed by atoms with Crippen LogP contribution in [-0.2, 0) is 9.84 Å². The smallest absolute Gasteiger partial charge is 0.254 e. The molecule has 28 heavy (non-hydrogen) atoms. The average molecular weight is 410 g/mol. The van der Waals surface area contributed by atoms with E-state index in [1.807, 2.05) is 31.2 Å². The summed E-state index contributed by atoms with van der Waals surface area (Å²) in [6, 6.07) is 7.94. The minimum Gasteiger partial charge on any atom is -0.369 e. The van der Waals surface area contributed by atoms with E-state index in [1.165, 1.54) is 0 Å². The molecule has 0 N–H and O–H groups in total. The Balaban J connectivity index is 2.04. The Morgan fingerprint density at radius 1 is 1.04 bits per heavy atom. The van der Waals surface area contributed by atoms with Crippen LogP contribution in [0.2, 0.25) is 0 Å². The number of carbonyl (C=O) groups excluding carboxylic acids is 1. The molecule has 7 heteroatoms. The third-order valence-electron chi connectivity index (χ3n) is 5.59. The molecule has 0 aliphatic carbocycles. The molecule has 1 aromatic carbocycles. The van der Waals surface area contributed by atoms with Gasteiger partial charge in [0.15, 0.2) is 9.84 Å². The third-order valence-corrected chi connectivity index (χ3v) is 7.46. The topological polar surface area (TPSA) is 60.9 Å². The third kappa shape index (κ3) is 5.70. The first kappa shape index (κ1) is 22.7. The van der Waals surface area contributed by atoms with E-state index < -0.39 is 9.84 Å². The van der Waals surface area contributed by atoms with E-state index in [1.54, 1.807) is 18.7 Å². The largest absolute Gasteiger partial charge is 0.369 e. The van der Waals surface area contributed by atoms with Crippen molar-refractivity contribution in [3.8, 4) is 0 Å². The Hall–Kier alpha value is -1.60. The van der Waals surface area contributed by atoms with E-state index in [2.05, 4.69) is 23.6 Å². The van der Waals surface area contributed by atoms with E-state index in [0.29, 0.717) is 18.2 Å². The van der Waals surface area contributed by atoms with Crippen molar-refractivity contribution in [1.29, 1.82) is 0 Å². The standard InChI is InChI=1S/C21H35N3O3S/c1-6-24(18(5)16-28(26,27)7-2)21(25)19-8-10-20(11-9-19)23-14-12-22(13-15-23)17(3)4/h8-11,17-18H,6-7,12-16H2,1-5H3. The summed E-state index contributed by atoms with van der Waals surface area (Å²) in [6.45, 7) is 14.3. The van der Waals surface area contributed by atoms with Crippen molar-refractivity contribution in [1.82, 2.24) is 9.80 Å². The second-order valence-corrected chi connectivity index (χ2v) is 10.2. The van der Waals surface area contributed by atoms with Crippen LogP contribution in [-0.4, -0.2) is 80.4 Å². The summed E-state index contributed by atoms with van der Waals surface area (Å²) >= 11 is 0. The monoisotopic (exact) mass is 409 g/mol. The van der Waals surface area contributed by atoms with Gasteiger partial charge in [-0.3, -0.25) is 9.69 Å². The van der Waals surface area contributed by atoms with Gasteiger partial charge in [-0.1, -0.05) is 6.92 Å². The molecule has 1 fully saturated rings. The van der Waals surface area contributed by atoms with Crippen LogP contribution in [0.1, 0.15) is 45.0 Å². The highest BCUT2D eigenvalue weighted by molar-refractivity contribution is 7.91. The summed E-state index contributed by atoms with van der Waals surface area (Å²) < 4.78 is 23.9. The van der Waals surface area contributed by atoms with Crippen molar-refractivity contribution < 1.29 is 13.2 Å². The maximum Gasteiger partial charge on any atom is 0.254 e. The molecule has 1 atom stereocenters. The molecule has 1 amide bonds. The number of anilines is 1. The first-order valence-corrected chi connectivity index (χ1v) is 12.1. The van der Waals surface area contributed by atoms with Gasteiger partial charge in [-0.2, -0.15) is 0 Å². The zero-order valence-electron chi connectivity index (χ0n) is 17.9. The Bertz CT molecular complexity index is 739. The number of benzene rings is 1. The molecule has 158 valence electrons. The molecule has 0 radical (unpaired) electrons. The molecule has 1 unspecified atom stereocenters. The van der Waals surface area contributed by atoms with Gasteiger partial charge in [0.2, 0.25) is 0 Å². The van der Waals surface area contributed by atoms with Crippen molar-refractivity contribution in [2.24, 2.45) is 0 Å². The zero-order valence-corrected chi connectivity index (χ0v) is 18.7. The van der Waals surface area contributed by atoms with Crippen LogP contribution in [0.15, 0.2) is 24.3 Å². The van der Waals surface area contributed by atoms with Crippen LogP contribution in [0.25, 0.3) is 0 Å². The van der Waals surface area contributed by atoms with Crippen molar-refractivity contribution >= 4 is 21.4 Å². The van der Waals surface area contributed by atoms with E-state index in [4.69, 9.17) is 0 Å². The first-order chi connectivity index (χ1) is 13.2. The number of carbonyl (C=O) groups is 1. The van der Waals surface area contributed by atoms with Crippen LogP contribution in [0.4, 0.5) is 5.69 Å². The number of hydrogen-bond acceptors (Lipinski definition) is 5. The van der Waals surface area contributed by atoms with Crippen LogP contribution in [0.5, 0.6) is 0 Å². The van der Waals surface area contributed by atoms with Gasteiger partial charge in [-0.25, -0.2) is 8.42 Å². The molecule has 2 rings (SSSR count). The number of piperazine rings is 1. The molecule has 1 aromatic rings. The molecule has 1 aliphatic rings. The molecule has 1 saturated heterocycles. The van der Waals surface area contributed by atoms with Crippen molar-refractivity contribution in [2.45, 2.75) is 46.7 Å². The fraction of sp³-hybridized carbons (Fsp3) is 0.667. The lowest BCUT2D eigenvalue weighted by atomic mass is 10.1. The SMILES string of the molecule is CCN(C(=O)c1ccc(N2CCN(C(C)C)CC2)cc1)C(C)CS(=O)(=O)CC. The Labute approximate surface area is 170 Å². The van der Waals surface area contributed by atoms with Gasteiger partial charge in [-0.15, -0.1) is 0 Å². The molecular weight excluding hydrogens is 374 g/mol. The van der Waals surface area contributed by atoms with Gasteiger partial charge in [0.1, 0.15) is 0 Å². The highest BCUT2D eigenvalue weighted by Gasteiger charge is 2.24. The normalized spacial score (nSPS) is 17.0. The summed E-state index contributed by atoms with van der Waals surface area (Å²) in [5.74, 6) is -0.0131. The predicted molar refractivity (Wildman–Crippen MR) is 116 cm³/mol. The quantitative estimate of drug-likeness (QED) is 0.660. The van der Waals surface area contributed by atoms with Crippen molar-refractivity contribution in [3.05, 3.63) is 29.8 Å². The number of hydrogen-bond donors (Lipinski definition) is 0. The Morgan fingerprint density at radius 3 is 2.07 bits per heavy atom. The van der Waals surface area contributed by atoms with E-state index in [0.717, 1.165) is 31.9 Å². The predicted octanol–water partition coefficient (Wildman–Crippen LogP) is 2.50. The van der Waals surface area contributed by atoms with E-state index in [-0.39, 0.29) is 23.5 Å². The molecule has 0 saturated carbocycles. The van der Waals surface area contributed by atoms with Gasteiger partial charge in [-0.05, 0) is 52.0 Å². The maximum atomic E-state index is 12.9. The van der Waals surface area contributed by atoms with Gasteiger partial charge >= 0.3 is 0 Å². The average Bonchev–Trinajstić information content (AvgIpc) is 2.68. The zero-order chi connectivity index (χ0) is 20.9. The van der Waals surface area contributed by atoms with E-state index in [9.17, 15) is 13.2 Å². The minimum absolute atomic E-state index is 0.00128. The molecule has 0 spiro atoms. The van der Waals surface area contributed by atoms with Crippen LogP contribution in [0.3, 0.4) is 0 Å². The number of sulfone groups is 1. The molecule has 6 nitrogen and oxygen atoms in total. The van der Waals surface area contributed by atoms with Crippen molar-refractivity contribution in [3.63, 3.8) is 0 Å². The fourth-order valence-electron chi connectivity index (χ4n) is 3.71. The van der Waals surface area contributed by atoms with Gasteiger partial charge in [0.25, 0.3) is 5.91 Å². The van der Waals surface area contributed by atoms with Crippen molar-refractivity contribution in [2.75, 3.05) is 49.1 Å². The lowest BCUT2D eigenvalue weighted by Gasteiger charge is -2.38. The Kier molecular flexibility index (Phi) is 7.89. The lowest BCUT2D eigenvalue weighted by molar-refractivity contribution is 0.0719. The summed E-state index contributed by atoms with van der Waals surface area (Å²) in [5.41, 5.74) is 1.73. The first-order valence-electron chi connectivity index (χ1n) is 10.3. The number of amides is 1. The van der Waals surface area contributed by atoms with Gasteiger partial charge < -0.3 is 9.80 Å². The summed E-state index contributed by atoms with van der Waals surface area (Å²) in [4.78, 5) is 19.4. The maximum absolute atomic E-state index is 12.9. The summed E-state index contributed by atoms with van der Waals surface area (Å²) in [6.07, 6.45) is 0. The molecule has 1 heterocycles. The van der Waals surface area contributed by atoms with Gasteiger partial charge in [0, 0.05) is 61.8 Å². The second kappa shape index (κ2) is 9.74. The summed E-state index contributed by atoms with van der Waals surface area (Å²) in [5, 5.41) is 0. The number of nitrogens with zero attached hydrogens (tertiary/aromatic N) is 3. The lowest BCUT2D eigenvalue weighted by Crippen LogP contribution is -2.48. The van der Waals surface area contributed by atoms with Crippen LogP contribution >= 0.6 is 0 Å². The van der Waals surface area contributed by atoms with Crippen LogP contribution in [0, 0.1) is 0 Å². The van der Waals surface area contributed by atoms with Crippen LogP contribution < -0.4 is 4.90 Å². The number of rotatable bonds is 8.